The van der Waals surface area contributed by atoms with Gasteiger partial charge >= 0.3 is 5.69 Å². The number of fused-ring (bicyclic) bond motifs is 3. The van der Waals surface area contributed by atoms with Crippen LogP contribution in [0.5, 0.6) is 5.75 Å². The van der Waals surface area contributed by atoms with Crippen LogP contribution < -0.4 is 10.4 Å². The van der Waals surface area contributed by atoms with E-state index in [-0.39, 0.29) is 0 Å². The molecule has 5 heteroatoms. The summed E-state index contributed by atoms with van der Waals surface area (Å²) in [6.45, 7) is 0.632. The van der Waals surface area contributed by atoms with Gasteiger partial charge < -0.3 is 9.94 Å². The first-order valence-corrected chi connectivity index (χ1v) is 4.36. The van der Waals surface area contributed by atoms with Gasteiger partial charge in [0.15, 0.2) is 0 Å². The van der Waals surface area contributed by atoms with Crippen molar-refractivity contribution in [3.8, 4) is 5.75 Å². The van der Waals surface area contributed by atoms with E-state index in [4.69, 9.17) is 4.74 Å². The van der Waals surface area contributed by atoms with Crippen LogP contribution in [-0.2, 0) is 6.42 Å². The van der Waals surface area contributed by atoms with Crippen molar-refractivity contribution in [3.05, 3.63) is 28.2 Å². The van der Waals surface area contributed by atoms with Crippen LogP contribution >= 0.6 is 0 Å². The highest BCUT2D eigenvalue weighted by Gasteiger charge is 2.18. The third-order valence-electron chi connectivity index (χ3n) is 2.49. The molecule has 0 atom stereocenters. The van der Waals surface area contributed by atoms with E-state index in [0.717, 1.165) is 12.0 Å². The summed E-state index contributed by atoms with van der Waals surface area (Å²) < 4.78 is 5.98. The Hall–Kier alpha value is -1.91. The lowest BCUT2D eigenvalue weighted by Crippen LogP contribution is -2.12. The van der Waals surface area contributed by atoms with E-state index < -0.39 is 5.69 Å². The second kappa shape index (κ2) is 2.31. The van der Waals surface area contributed by atoms with E-state index >= 15 is 0 Å². The Morgan fingerprint density at radius 2 is 2.36 bits per heavy atom. The van der Waals surface area contributed by atoms with Gasteiger partial charge in [-0.15, -0.1) is 4.73 Å². The lowest BCUT2D eigenvalue weighted by molar-refractivity contribution is 0.188. The molecular weight excluding hydrogens is 184 g/mol. The van der Waals surface area contributed by atoms with Gasteiger partial charge in [-0.2, -0.15) is 0 Å². The molecule has 0 aliphatic carbocycles. The zero-order valence-corrected chi connectivity index (χ0v) is 7.28. The summed E-state index contributed by atoms with van der Waals surface area (Å²) in [5, 5.41) is 9.35. The highest BCUT2D eigenvalue weighted by Crippen LogP contribution is 2.31. The molecule has 0 fully saturated rings. The zero-order chi connectivity index (χ0) is 9.71. The maximum Gasteiger partial charge on any atom is 0.359 e. The molecule has 0 bridgehead atoms. The van der Waals surface area contributed by atoms with E-state index in [2.05, 4.69) is 4.98 Å². The molecule has 1 aliphatic heterocycles. The van der Waals surface area contributed by atoms with Gasteiger partial charge in [0, 0.05) is 6.42 Å². The maximum absolute atomic E-state index is 11.1. The fraction of sp³-hybridized carbons (Fsp3) is 0.222. The molecular formula is C9H8N2O3. The number of hydrogen-bond donors (Lipinski definition) is 2. The van der Waals surface area contributed by atoms with Gasteiger partial charge in [0.1, 0.15) is 16.8 Å². The Balaban J connectivity index is 2.50. The van der Waals surface area contributed by atoms with Crippen LogP contribution in [0.3, 0.4) is 0 Å². The van der Waals surface area contributed by atoms with Crippen molar-refractivity contribution in [1.82, 2.24) is 9.71 Å². The van der Waals surface area contributed by atoms with E-state index in [0.29, 0.717) is 28.1 Å². The van der Waals surface area contributed by atoms with E-state index in [9.17, 15) is 10.0 Å². The van der Waals surface area contributed by atoms with Crippen LogP contribution in [0.15, 0.2) is 16.9 Å². The topological polar surface area (TPSA) is 67.2 Å². The second-order valence-electron chi connectivity index (χ2n) is 3.29. The van der Waals surface area contributed by atoms with Crippen LogP contribution in [0.25, 0.3) is 11.0 Å². The Morgan fingerprint density at radius 1 is 1.50 bits per heavy atom. The number of hydrogen-bond acceptors (Lipinski definition) is 3. The maximum atomic E-state index is 11.1. The molecule has 2 heterocycles. The summed E-state index contributed by atoms with van der Waals surface area (Å²) in [5.74, 6) is 0.687. The number of rotatable bonds is 0. The Labute approximate surface area is 78.5 Å². The largest absolute Gasteiger partial charge is 0.491 e. The number of ether oxygens (including phenoxy) is 1. The molecule has 1 aliphatic rings. The normalized spacial score (nSPS) is 14.3. The highest BCUT2D eigenvalue weighted by atomic mass is 16.5. The number of benzene rings is 1. The minimum atomic E-state index is -0.538. The molecule has 14 heavy (non-hydrogen) atoms. The number of imidazole rings is 1. The van der Waals surface area contributed by atoms with Crippen molar-refractivity contribution >= 4 is 11.0 Å². The zero-order valence-electron chi connectivity index (χ0n) is 7.28. The Kier molecular flexibility index (Phi) is 1.24. The number of aromatic nitrogens is 2. The molecule has 0 saturated heterocycles. The molecule has 0 spiro atoms. The number of H-pyrrole nitrogens is 1. The summed E-state index contributed by atoms with van der Waals surface area (Å²) in [4.78, 5) is 13.7. The number of aromatic amines is 1. The van der Waals surface area contributed by atoms with E-state index in [1.165, 1.54) is 0 Å². The summed E-state index contributed by atoms with van der Waals surface area (Å²) in [6, 6.07) is 3.57. The molecule has 0 unspecified atom stereocenters. The second-order valence-corrected chi connectivity index (χ2v) is 3.29. The van der Waals surface area contributed by atoms with Gasteiger partial charge in [-0.3, -0.25) is 4.98 Å². The summed E-state index contributed by atoms with van der Waals surface area (Å²) in [5.41, 5.74) is 1.56. The van der Waals surface area contributed by atoms with Gasteiger partial charge in [0.05, 0.1) is 6.61 Å². The molecule has 2 aromatic rings. The van der Waals surface area contributed by atoms with Gasteiger partial charge in [-0.25, -0.2) is 4.79 Å². The average molecular weight is 192 g/mol. The molecule has 0 radical (unpaired) electrons. The van der Waals surface area contributed by atoms with Crippen molar-refractivity contribution in [2.75, 3.05) is 6.61 Å². The predicted molar refractivity (Wildman–Crippen MR) is 48.9 cm³/mol. The third kappa shape index (κ3) is 0.761. The van der Waals surface area contributed by atoms with Crippen LogP contribution in [0.1, 0.15) is 5.56 Å². The molecule has 1 aromatic heterocycles. The van der Waals surface area contributed by atoms with Crippen molar-refractivity contribution in [1.29, 1.82) is 0 Å². The Morgan fingerprint density at radius 3 is 3.21 bits per heavy atom. The molecule has 72 valence electrons. The van der Waals surface area contributed by atoms with E-state index in [1.807, 2.05) is 6.07 Å². The fourth-order valence-corrected chi connectivity index (χ4v) is 1.81. The minimum Gasteiger partial charge on any atom is -0.491 e. The summed E-state index contributed by atoms with van der Waals surface area (Å²) in [6.07, 6.45) is 0.851. The monoisotopic (exact) mass is 192 g/mol. The van der Waals surface area contributed by atoms with Crippen LogP contribution in [-0.4, -0.2) is 21.5 Å². The van der Waals surface area contributed by atoms with Gasteiger partial charge in [-0.1, -0.05) is 6.07 Å². The predicted octanol–water partition coefficient (Wildman–Crippen LogP) is 0.502. The number of nitrogens with zero attached hydrogens (tertiary/aromatic N) is 1. The van der Waals surface area contributed by atoms with Crippen LogP contribution in [0, 0.1) is 0 Å². The molecule has 0 saturated carbocycles. The van der Waals surface area contributed by atoms with Crippen LogP contribution in [0.2, 0.25) is 0 Å². The first-order chi connectivity index (χ1) is 6.77. The lowest BCUT2D eigenvalue weighted by Gasteiger charge is -1.99. The Bertz CT molecular complexity index is 567. The quantitative estimate of drug-likeness (QED) is 0.597. The van der Waals surface area contributed by atoms with Crippen LogP contribution in [0.4, 0.5) is 0 Å². The van der Waals surface area contributed by atoms with Crippen molar-refractivity contribution < 1.29 is 9.94 Å². The molecule has 1 aromatic carbocycles. The van der Waals surface area contributed by atoms with Crippen molar-refractivity contribution in [2.24, 2.45) is 0 Å². The average Bonchev–Trinajstić information content (AvgIpc) is 2.73. The summed E-state index contributed by atoms with van der Waals surface area (Å²) in [7, 11) is 0. The first-order valence-electron chi connectivity index (χ1n) is 4.36. The standard InChI is InChI=1S/C9H8N2O3/c12-9-10-7-6(11(9)13)2-1-5-3-4-14-8(5)7/h1-2,13H,3-4H2,(H,10,12). The molecule has 3 rings (SSSR count). The summed E-state index contributed by atoms with van der Waals surface area (Å²) >= 11 is 0. The fourth-order valence-electron chi connectivity index (χ4n) is 1.81. The number of nitrogens with one attached hydrogen (secondary N) is 1. The van der Waals surface area contributed by atoms with Crippen molar-refractivity contribution in [2.45, 2.75) is 6.42 Å². The van der Waals surface area contributed by atoms with E-state index in [1.54, 1.807) is 6.07 Å². The first kappa shape index (κ1) is 7.49. The minimum absolute atomic E-state index is 0.454. The van der Waals surface area contributed by atoms with Gasteiger partial charge in [0.2, 0.25) is 0 Å². The van der Waals surface area contributed by atoms with Gasteiger partial charge in [0.25, 0.3) is 0 Å². The van der Waals surface area contributed by atoms with Gasteiger partial charge in [-0.05, 0) is 11.6 Å². The molecule has 0 amide bonds. The smallest absolute Gasteiger partial charge is 0.359 e. The van der Waals surface area contributed by atoms with Crippen molar-refractivity contribution in [3.63, 3.8) is 0 Å². The lowest BCUT2D eigenvalue weighted by atomic mass is 10.1. The third-order valence-corrected chi connectivity index (χ3v) is 2.49. The SMILES string of the molecule is O=c1[nH]c2c3c(ccc2n1O)CCO3. The molecule has 5 nitrogen and oxygen atoms in total. The molecule has 2 N–H and O–H groups in total. The highest BCUT2D eigenvalue weighted by molar-refractivity contribution is 5.83.